The van der Waals surface area contributed by atoms with E-state index in [-0.39, 0.29) is 30.5 Å². The normalized spacial score (nSPS) is 22.0. The van der Waals surface area contributed by atoms with E-state index in [9.17, 15) is 14.0 Å². The van der Waals surface area contributed by atoms with E-state index in [2.05, 4.69) is 17.1 Å². The standard InChI is InChI=1S/C22H24FN3O2/c1-15-10-11-25(13-15)18-8-6-17(7-9-18)24-22(28)16-12-21(27)26(14-16)20-5-3-2-4-19(20)23/h2-9,15-16H,10-14H2,1H3,(H,24,28). The van der Waals surface area contributed by atoms with Gasteiger partial charge in [0, 0.05) is 37.4 Å². The van der Waals surface area contributed by atoms with Crippen LogP contribution in [0.15, 0.2) is 48.5 Å². The number of rotatable bonds is 4. The van der Waals surface area contributed by atoms with Crippen LogP contribution in [0.4, 0.5) is 21.5 Å². The van der Waals surface area contributed by atoms with Gasteiger partial charge in [-0.25, -0.2) is 4.39 Å². The summed E-state index contributed by atoms with van der Waals surface area (Å²) in [5, 5.41) is 2.89. The maximum absolute atomic E-state index is 14.0. The zero-order chi connectivity index (χ0) is 19.7. The Morgan fingerprint density at radius 3 is 2.54 bits per heavy atom. The third-order valence-corrected chi connectivity index (χ3v) is 5.56. The summed E-state index contributed by atoms with van der Waals surface area (Å²) in [6.45, 7) is 4.56. The number of nitrogens with one attached hydrogen (secondary N) is 1. The molecule has 0 saturated carbocycles. The number of anilines is 3. The van der Waals surface area contributed by atoms with Crippen molar-refractivity contribution in [2.24, 2.45) is 11.8 Å². The van der Waals surface area contributed by atoms with Crippen molar-refractivity contribution in [3.63, 3.8) is 0 Å². The number of benzene rings is 2. The van der Waals surface area contributed by atoms with Gasteiger partial charge in [-0.05, 0) is 48.7 Å². The molecule has 0 radical (unpaired) electrons. The fraction of sp³-hybridized carbons (Fsp3) is 0.364. The number of carbonyl (C=O) groups is 2. The summed E-state index contributed by atoms with van der Waals surface area (Å²) in [6.07, 6.45) is 1.29. The lowest BCUT2D eigenvalue weighted by atomic mass is 10.1. The van der Waals surface area contributed by atoms with Crippen LogP contribution in [0.3, 0.4) is 0 Å². The molecule has 2 saturated heterocycles. The lowest BCUT2D eigenvalue weighted by Gasteiger charge is -2.19. The van der Waals surface area contributed by atoms with E-state index in [0.29, 0.717) is 11.6 Å². The Morgan fingerprint density at radius 2 is 1.86 bits per heavy atom. The molecule has 2 amide bonds. The van der Waals surface area contributed by atoms with Crippen molar-refractivity contribution < 1.29 is 14.0 Å². The first kappa shape index (κ1) is 18.5. The van der Waals surface area contributed by atoms with Crippen LogP contribution < -0.4 is 15.1 Å². The predicted molar refractivity (Wildman–Crippen MR) is 108 cm³/mol. The lowest BCUT2D eigenvalue weighted by Crippen LogP contribution is -2.28. The van der Waals surface area contributed by atoms with E-state index >= 15 is 0 Å². The summed E-state index contributed by atoms with van der Waals surface area (Å²) in [7, 11) is 0. The van der Waals surface area contributed by atoms with E-state index in [0.717, 1.165) is 18.8 Å². The molecule has 0 aliphatic carbocycles. The zero-order valence-corrected chi connectivity index (χ0v) is 15.9. The highest BCUT2D eigenvalue weighted by molar-refractivity contribution is 6.03. The Labute approximate surface area is 164 Å². The van der Waals surface area contributed by atoms with Crippen molar-refractivity contribution in [3.05, 3.63) is 54.3 Å². The molecule has 6 heteroatoms. The zero-order valence-electron chi connectivity index (χ0n) is 15.9. The summed E-state index contributed by atoms with van der Waals surface area (Å²) in [5.41, 5.74) is 2.09. The summed E-state index contributed by atoms with van der Waals surface area (Å²) >= 11 is 0. The Hall–Kier alpha value is -2.89. The first-order chi connectivity index (χ1) is 13.5. The molecule has 0 aromatic heterocycles. The molecule has 2 aliphatic heterocycles. The van der Waals surface area contributed by atoms with Gasteiger partial charge in [-0.1, -0.05) is 19.1 Å². The van der Waals surface area contributed by atoms with E-state index in [1.807, 2.05) is 24.3 Å². The van der Waals surface area contributed by atoms with Gasteiger partial charge in [-0.15, -0.1) is 0 Å². The van der Waals surface area contributed by atoms with Gasteiger partial charge in [0.2, 0.25) is 11.8 Å². The van der Waals surface area contributed by atoms with Gasteiger partial charge in [0.1, 0.15) is 5.82 Å². The number of para-hydroxylation sites is 1. The van der Waals surface area contributed by atoms with Crippen LogP contribution in [0.1, 0.15) is 19.8 Å². The van der Waals surface area contributed by atoms with E-state index in [1.165, 1.54) is 17.4 Å². The summed E-state index contributed by atoms with van der Waals surface area (Å²) in [5.74, 6) is -0.690. The third-order valence-electron chi connectivity index (χ3n) is 5.56. The fourth-order valence-corrected chi connectivity index (χ4v) is 3.96. The Balaban J connectivity index is 1.39. The van der Waals surface area contributed by atoms with Crippen LogP contribution in [-0.4, -0.2) is 31.4 Å². The predicted octanol–water partition coefficient (Wildman–Crippen LogP) is 3.66. The number of carbonyl (C=O) groups excluding carboxylic acids is 2. The third kappa shape index (κ3) is 3.72. The molecule has 146 valence electrons. The number of hydrogen-bond donors (Lipinski definition) is 1. The topological polar surface area (TPSA) is 52.7 Å². The van der Waals surface area contributed by atoms with Gasteiger partial charge >= 0.3 is 0 Å². The molecule has 4 rings (SSSR count). The van der Waals surface area contributed by atoms with Crippen molar-refractivity contribution >= 4 is 28.9 Å². The average molecular weight is 381 g/mol. The molecular weight excluding hydrogens is 357 g/mol. The maximum Gasteiger partial charge on any atom is 0.229 e. The largest absolute Gasteiger partial charge is 0.371 e. The molecule has 1 N–H and O–H groups in total. The Morgan fingerprint density at radius 1 is 1.11 bits per heavy atom. The minimum atomic E-state index is -0.494. The van der Waals surface area contributed by atoms with E-state index in [1.54, 1.807) is 18.2 Å². The second kappa shape index (κ2) is 7.62. The van der Waals surface area contributed by atoms with Gasteiger partial charge in [-0.3, -0.25) is 9.59 Å². The van der Waals surface area contributed by atoms with Crippen LogP contribution in [0, 0.1) is 17.7 Å². The van der Waals surface area contributed by atoms with Crippen molar-refractivity contribution in [1.29, 1.82) is 0 Å². The molecule has 0 spiro atoms. The molecule has 2 aliphatic rings. The number of hydrogen-bond acceptors (Lipinski definition) is 3. The summed E-state index contributed by atoms with van der Waals surface area (Å²) in [6, 6.07) is 13.9. The number of amides is 2. The molecule has 5 nitrogen and oxygen atoms in total. The molecule has 2 aromatic carbocycles. The monoisotopic (exact) mass is 381 g/mol. The van der Waals surface area contributed by atoms with Crippen molar-refractivity contribution in [2.45, 2.75) is 19.8 Å². The molecule has 2 fully saturated rings. The van der Waals surface area contributed by atoms with Crippen LogP contribution >= 0.6 is 0 Å². The number of nitrogens with zero attached hydrogens (tertiary/aromatic N) is 2. The quantitative estimate of drug-likeness (QED) is 0.879. The molecular formula is C22H24FN3O2. The van der Waals surface area contributed by atoms with Crippen molar-refractivity contribution in [1.82, 2.24) is 0 Å². The minimum Gasteiger partial charge on any atom is -0.371 e. The molecule has 2 aromatic rings. The van der Waals surface area contributed by atoms with Gasteiger partial charge in [-0.2, -0.15) is 0 Å². The first-order valence-corrected chi connectivity index (χ1v) is 9.72. The van der Waals surface area contributed by atoms with Gasteiger partial charge in [0.15, 0.2) is 0 Å². The highest BCUT2D eigenvalue weighted by Gasteiger charge is 2.36. The van der Waals surface area contributed by atoms with Crippen molar-refractivity contribution in [2.75, 3.05) is 34.8 Å². The molecule has 28 heavy (non-hydrogen) atoms. The maximum atomic E-state index is 14.0. The van der Waals surface area contributed by atoms with Gasteiger partial charge in [0.25, 0.3) is 0 Å². The van der Waals surface area contributed by atoms with Crippen LogP contribution in [0.25, 0.3) is 0 Å². The van der Waals surface area contributed by atoms with Gasteiger partial charge < -0.3 is 15.1 Å². The van der Waals surface area contributed by atoms with Gasteiger partial charge in [0.05, 0.1) is 11.6 Å². The highest BCUT2D eigenvalue weighted by atomic mass is 19.1. The highest BCUT2D eigenvalue weighted by Crippen LogP contribution is 2.29. The van der Waals surface area contributed by atoms with Crippen LogP contribution in [0.5, 0.6) is 0 Å². The number of halogens is 1. The smallest absolute Gasteiger partial charge is 0.229 e. The molecule has 2 unspecified atom stereocenters. The fourth-order valence-electron chi connectivity index (χ4n) is 3.96. The van der Waals surface area contributed by atoms with E-state index in [4.69, 9.17) is 0 Å². The summed E-state index contributed by atoms with van der Waals surface area (Å²) in [4.78, 5) is 28.6. The first-order valence-electron chi connectivity index (χ1n) is 9.72. The van der Waals surface area contributed by atoms with Crippen LogP contribution in [-0.2, 0) is 9.59 Å². The molecule has 2 heterocycles. The van der Waals surface area contributed by atoms with Crippen LogP contribution in [0.2, 0.25) is 0 Å². The second-order valence-electron chi connectivity index (χ2n) is 7.73. The Bertz CT molecular complexity index is 884. The molecule has 0 bridgehead atoms. The van der Waals surface area contributed by atoms with E-state index < -0.39 is 11.7 Å². The summed E-state index contributed by atoms with van der Waals surface area (Å²) < 4.78 is 14.0. The SMILES string of the molecule is CC1CCN(c2ccc(NC(=O)C3CC(=O)N(c4ccccc4F)C3)cc2)C1. The minimum absolute atomic E-state index is 0.0872. The molecule has 2 atom stereocenters. The lowest BCUT2D eigenvalue weighted by molar-refractivity contribution is -0.122. The van der Waals surface area contributed by atoms with Crippen molar-refractivity contribution in [3.8, 4) is 0 Å². The second-order valence-corrected chi connectivity index (χ2v) is 7.73. The Kier molecular flexibility index (Phi) is 5.03. The average Bonchev–Trinajstić information content (AvgIpc) is 3.29.